The molecular weight excluding hydrogens is 481 g/mol. The highest BCUT2D eigenvalue weighted by atomic mass is 127. The number of aliphatic imine (C=N–C) groups is 1. The highest BCUT2D eigenvalue weighted by Gasteiger charge is 2.22. The molecule has 0 saturated carbocycles. The Morgan fingerprint density at radius 2 is 1.83 bits per heavy atom. The molecule has 0 aromatic rings. The zero-order chi connectivity index (χ0) is 21.2. The highest BCUT2D eigenvalue weighted by molar-refractivity contribution is 14.0. The molecule has 1 aliphatic heterocycles. The Bertz CT molecular complexity index is 486. The van der Waals surface area contributed by atoms with Gasteiger partial charge in [0.05, 0.1) is 6.54 Å². The maximum atomic E-state index is 12.4. The summed E-state index contributed by atoms with van der Waals surface area (Å²) in [5.74, 6) is 0.839. The van der Waals surface area contributed by atoms with E-state index < -0.39 is 5.60 Å². The molecule has 2 N–H and O–H groups in total. The SMILES string of the molecule is CCCN(CCN=C(NCC)NC1CCN(C(C)C)CC1)C(=O)OC(C)(C)C.I. The summed E-state index contributed by atoms with van der Waals surface area (Å²) >= 11 is 0. The molecule has 0 spiro atoms. The van der Waals surface area contributed by atoms with E-state index in [1.165, 1.54) is 0 Å². The lowest BCUT2D eigenvalue weighted by molar-refractivity contribution is 0.0256. The molecule has 8 heteroatoms. The van der Waals surface area contributed by atoms with Gasteiger partial charge in [0.25, 0.3) is 0 Å². The van der Waals surface area contributed by atoms with Gasteiger partial charge < -0.3 is 25.2 Å². The smallest absolute Gasteiger partial charge is 0.410 e. The standard InChI is InChI=1S/C21H43N5O2.HI/c1-8-13-26(20(27)28-21(5,6)7)16-12-23-19(22-9-2)24-18-10-14-25(15-11-18)17(3)4;/h17-18H,8-16H2,1-7H3,(H2,22,23,24);1H. The Balaban J connectivity index is 0.00000784. The Kier molecular flexibility index (Phi) is 13.9. The average Bonchev–Trinajstić information content (AvgIpc) is 2.60. The lowest BCUT2D eigenvalue weighted by Crippen LogP contribution is -2.50. The molecule has 0 radical (unpaired) electrons. The maximum Gasteiger partial charge on any atom is 0.410 e. The van der Waals surface area contributed by atoms with Crippen LogP contribution < -0.4 is 10.6 Å². The van der Waals surface area contributed by atoms with Crippen LogP contribution in [0.3, 0.4) is 0 Å². The Morgan fingerprint density at radius 3 is 2.31 bits per heavy atom. The van der Waals surface area contributed by atoms with Crippen LogP contribution in [-0.4, -0.2) is 78.8 Å². The zero-order valence-electron chi connectivity index (χ0n) is 19.6. The van der Waals surface area contributed by atoms with Gasteiger partial charge in [0, 0.05) is 44.8 Å². The van der Waals surface area contributed by atoms with Crippen LogP contribution in [0.4, 0.5) is 4.79 Å². The van der Waals surface area contributed by atoms with Crippen LogP contribution in [0.5, 0.6) is 0 Å². The van der Waals surface area contributed by atoms with Crippen LogP contribution in [0.15, 0.2) is 4.99 Å². The molecule has 1 rings (SSSR count). The first kappa shape index (κ1) is 28.2. The van der Waals surface area contributed by atoms with Crippen molar-refractivity contribution in [2.24, 2.45) is 4.99 Å². The summed E-state index contributed by atoms with van der Waals surface area (Å²) in [6.07, 6.45) is 2.89. The van der Waals surface area contributed by atoms with Crippen LogP contribution >= 0.6 is 24.0 Å². The predicted molar refractivity (Wildman–Crippen MR) is 132 cm³/mol. The number of hydrogen-bond donors (Lipinski definition) is 2. The molecule has 0 bridgehead atoms. The third-order valence-corrected chi connectivity index (χ3v) is 4.73. The van der Waals surface area contributed by atoms with Crippen molar-refractivity contribution < 1.29 is 9.53 Å². The number of guanidine groups is 1. The molecule has 0 aromatic carbocycles. The predicted octanol–water partition coefficient (Wildman–Crippen LogP) is 3.68. The Morgan fingerprint density at radius 1 is 1.21 bits per heavy atom. The van der Waals surface area contributed by atoms with Crippen molar-refractivity contribution in [1.29, 1.82) is 0 Å². The number of carbonyl (C=O) groups excluding carboxylic acids is 1. The number of nitrogens with one attached hydrogen (secondary N) is 2. The van der Waals surface area contributed by atoms with E-state index in [2.05, 4.69) is 43.2 Å². The molecule has 172 valence electrons. The second kappa shape index (κ2) is 14.3. The third-order valence-electron chi connectivity index (χ3n) is 4.73. The monoisotopic (exact) mass is 525 g/mol. The first-order valence-corrected chi connectivity index (χ1v) is 10.9. The molecule has 0 aromatic heterocycles. The van der Waals surface area contributed by atoms with E-state index in [9.17, 15) is 4.79 Å². The first-order chi connectivity index (χ1) is 13.2. The summed E-state index contributed by atoms with van der Waals surface area (Å²) in [7, 11) is 0. The van der Waals surface area contributed by atoms with Crippen LogP contribution in [0.25, 0.3) is 0 Å². The van der Waals surface area contributed by atoms with E-state index in [4.69, 9.17) is 9.73 Å². The number of carbonyl (C=O) groups is 1. The average molecular weight is 526 g/mol. The summed E-state index contributed by atoms with van der Waals surface area (Å²) in [6.45, 7) is 19.2. The Labute approximate surface area is 195 Å². The molecule has 0 atom stereocenters. The fourth-order valence-corrected chi connectivity index (χ4v) is 3.25. The van der Waals surface area contributed by atoms with Crippen LogP contribution in [0.1, 0.15) is 67.7 Å². The maximum absolute atomic E-state index is 12.4. The number of hydrogen-bond acceptors (Lipinski definition) is 4. The third kappa shape index (κ3) is 11.9. The van der Waals surface area contributed by atoms with Gasteiger partial charge in [-0.25, -0.2) is 4.79 Å². The van der Waals surface area contributed by atoms with E-state index in [1.54, 1.807) is 4.90 Å². The van der Waals surface area contributed by atoms with Gasteiger partial charge in [0.1, 0.15) is 5.60 Å². The number of ether oxygens (including phenoxy) is 1. The minimum atomic E-state index is -0.478. The lowest BCUT2D eigenvalue weighted by Gasteiger charge is -2.35. The zero-order valence-corrected chi connectivity index (χ0v) is 21.9. The second-order valence-corrected chi connectivity index (χ2v) is 8.78. The molecule has 1 aliphatic rings. The van der Waals surface area contributed by atoms with Crippen molar-refractivity contribution in [2.75, 3.05) is 39.3 Å². The van der Waals surface area contributed by atoms with Crippen LogP contribution in [0, 0.1) is 0 Å². The van der Waals surface area contributed by atoms with Crippen molar-refractivity contribution in [2.45, 2.75) is 85.4 Å². The minimum Gasteiger partial charge on any atom is -0.444 e. The first-order valence-electron chi connectivity index (χ1n) is 10.9. The van der Waals surface area contributed by atoms with E-state index >= 15 is 0 Å². The Hall–Kier alpha value is -0.770. The van der Waals surface area contributed by atoms with E-state index in [0.717, 1.165) is 44.9 Å². The molecule has 1 saturated heterocycles. The van der Waals surface area contributed by atoms with Gasteiger partial charge in [-0.05, 0) is 60.8 Å². The van der Waals surface area contributed by atoms with Gasteiger partial charge >= 0.3 is 6.09 Å². The van der Waals surface area contributed by atoms with Gasteiger partial charge in [-0.15, -0.1) is 24.0 Å². The largest absolute Gasteiger partial charge is 0.444 e. The van der Waals surface area contributed by atoms with Crippen molar-refractivity contribution in [3.05, 3.63) is 0 Å². The van der Waals surface area contributed by atoms with Gasteiger partial charge in [-0.1, -0.05) is 6.92 Å². The number of nitrogens with zero attached hydrogens (tertiary/aromatic N) is 3. The van der Waals surface area contributed by atoms with Crippen LogP contribution in [-0.2, 0) is 4.74 Å². The summed E-state index contributed by atoms with van der Waals surface area (Å²) < 4.78 is 5.51. The molecule has 1 heterocycles. The molecule has 0 unspecified atom stereocenters. The lowest BCUT2D eigenvalue weighted by atomic mass is 10.0. The molecular formula is C21H44IN5O2. The summed E-state index contributed by atoms with van der Waals surface area (Å²) in [5.41, 5.74) is -0.478. The molecule has 1 amide bonds. The van der Waals surface area contributed by atoms with Gasteiger partial charge in [0.2, 0.25) is 0 Å². The van der Waals surface area contributed by atoms with Crippen LogP contribution in [0.2, 0.25) is 0 Å². The van der Waals surface area contributed by atoms with E-state index in [-0.39, 0.29) is 30.1 Å². The topological polar surface area (TPSA) is 69.2 Å². The van der Waals surface area contributed by atoms with Gasteiger partial charge in [-0.3, -0.25) is 4.99 Å². The van der Waals surface area contributed by atoms with Crippen molar-refractivity contribution >= 4 is 36.0 Å². The quantitative estimate of drug-likeness (QED) is 0.288. The molecule has 1 fully saturated rings. The summed E-state index contributed by atoms with van der Waals surface area (Å²) in [6, 6.07) is 1.06. The number of rotatable bonds is 8. The number of halogens is 1. The van der Waals surface area contributed by atoms with Crippen molar-refractivity contribution in [3.8, 4) is 0 Å². The molecule has 29 heavy (non-hydrogen) atoms. The fourth-order valence-electron chi connectivity index (χ4n) is 3.25. The number of likely N-dealkylation sites (tertiary alicyclic amines) is 1. The highest BCUT2D eigenvalue weighted by Crippen LogP contribution is 2.13. The number of piperidine rings is 1. The van der Waals surface area contributed by atoms with E-state index in [1.807, 2.05) is 20.8 Å². The molecule has 7 nitrogen and oxygen atoms in total. The summed E-state index contributed by atoms with van der Waals surface area (Å²) in [4.78, 5) is 21.3. The molecule has 0 aliphatic carbocycles. The van der Waals surface area contributed by atoms with E-state index in [0.29, 0.717) is 31.7 Å². The van der Waals surface area contributed by atoms with Gasteiger partial charge in [0.15, 0.2) is 5.96 Å². The van der Waals surface area contributed by atoms with Crippen molar-refractivity contribution in [1.82, 2.24) is 20.4 Å². The van der Waals surface area contributed by atoms with Crippen molar-refractivity contribution in [3.63, 3.8) is 0 Å². The second-order valence-electron chi connectivity index (χ2n) is 8.78. The van der Waals surface area contributed by atoms with Gasteiger partial charge in [-0.2, -0.15) is 0 Å². The number of amides is 1. The normalized spacial score (nSPS) is 16.3. The summed E-state index contributed by atoms with van der Waals surface area (Å²) in [5, 5.41) is 6.89. The minimum absolute atomic E-state index is 0. The fraction of sp³-hybridized carbons (Fsp3) is 0.905.